The van der Waals surface area contributed by atoms with Gasteiger partial charge in [0.05, 0.1) is 0 Å². The first-order valence-electron chi connectivity index (χ1n) is 7.95. The van der Waals surface area contributed by atoms with Crippen LogP contribution in [0.25, 0.3) is 0 Å². The van der Waals surface area contributed by atoms with E-state index in [0.29, 0.717) is 6.04 Å². The van der Waals surface area contributed by atoms with Gasteiger partial charge in [-0.1, -0.05) is 20.3 Å². The quantitative estimate of drug-likeness (QED) is 0.661. The van der Waals surface area contributed by atoms with Gasteiger partial charge in [-0.15, -0.1) is 0 Å². The number of nitrogens with one attached hydrogen (secondary N) is 2. The van der Waals surface area contributed by atoms with Crippen molar-refractivity contribution in [1.29, 1.82) is 0 Å². The lowest BCUT2D eigenvalue weighted by molar-refractivity contribution is 0.276. The molecule has 0 aliphatic carbocycles. The molecule has 18 heavy (non-hydrogen) atoms. The fraction of sp³-hybridized carbons (Fsp3) is 1.00. The van der Waals surface area contributed by atoms with Crippen molar-refractivity contribution < 1.29 is 0 Å². The molecule has 1 heterocycles. The van der Waals surface area contributed by atoms with E-state index in [1.807, 2.05) is 0 Å². The minimum atomic E-state index is 0.640. The van der Waals surface area contributed by atoms with Gasteiger partial charge in [0, 0.05) is 25.2 Å². The molecule has 0 spiro atoms. The lowest BCUT2D eigenvalue weighted by Gasteiger charge is -2.27. The van der Waals surface area contributed by atoms with Gasteiger partial charge in [-0.2, -0.15) is 0 Å². The van der Waals surface area contributed by atoms with Crippen LogP contribution in [0.1, 0.15) is 52.9 Å². The summed E-state index contributed by atoms with van der Waals surface area (Å²) >= 11 is 0. The molecule has 0 saturated carbocycles. The number of nitrogens with zero attached hydrogens (tertiary/aromatic N) is 1. The zero-order valence-corrected chi connectivity index (χ0v) is 12.7. The summed E-state index contributed by atoms with van der Waals surface area (Å²) in [5, 5.41) is 7.30. The monoisotopic (exact) mass is 255 g/mol. The number of hydrogen-bond acceptors (Lipinski definition) is 3. The maximum atomic E-state index is 3.67. The van der Waals surface area contributed by atoms with Crippen molar-refractivity contribution >= 4 is 0 Å². The third kappa shape index (κ3) is 6.72. The predicted molar refractivity (Wildman–Crippen MR) is 80.1 cm³/mol. The molecular formula is C15H33N3. The van der Waals surface area contributed by atoms with Gasteiger partial charge in [-0.25, -0.2) is 0 Å². The van der Waals surface area contributed by atoms with Gasteiger partial charge in [-0.05, 0) is 52.2 Å². The molecule has 1 aliphatic heterocycles. The summed E-state index contributed by atoms with van der Waals surface area (Å²) in [6, 6.07) is 1.39. The third-order valence-electron chi connectivity index (χ3n) is 3.96. The first-order valence-corrected chi connectivity index (χ1v) is 7.95. The SMILES string of the molecule is CCCN(CC)CCNC(C)CC1CCCCN1. The fourth-order valence-electron chi connectivity index (χ4n) is 2.85. The summed E-state index contributed by atoms with van der Waals surface area (Å²) in [5.74, 6) is 0. The summed E-state index contributed by atoms with van der Waals surface area (Å²) in [6.45, 7) is 12.8. The molecule has 1 fully saturated rings. The van der Waals surface area contributed by atoms with E-state index in [1.54, 1.807) is 0 Å². The number of rotatable bonds is 9. The Kier molecular flexibility index (Phi) is 8.64. The molecule has 0 aromatic rings. The molecule has 0 aromatic heterocycles. The zero-order valence-electron chi connectivity index (χ0n) is 12.7. The molecular weight excluding hydrogens is 222 g/mol. The van der Waals surface area contributed by atoms with Crippen LogP contribution in [-0.2, 0) is 0 Å². The highest BCUT2D eigenvalue weighted by molar-refractivity contribution is 4.77. The van der Waals surface area contributed by atoms with Crippen LogP contribution in [0.15, 0.2) is 0 Å². The first-order chi connectivity index (χ1) is 8.76. The van der Waals surface area contributed by atoms with E-state index in [2.05, 4.69) is 36.3 Å². The van der Waals surface area contributed by atoms with E-state index >= 15 is 0 Å². The van der Waals surface area contributed by atoms with Crippen molar-refractivity contribution in [1.82, 2.24) is 15.5 Å². The molecule has 3 heteroatoms. The molecule has 2 atom stereocenters. The Morgan fingerprint density at radius 1 is 1.28 bits per heavy atom. The second-order valence-corrected chi connectivity index (χ2v) is 5.67. The maximum Gasteiger partial charge on any atom is 0.0107 e. The number of likely N-dealkylation sites (N-methyl/N-ethyl adjacent to an activating group) is 1. The maximum absolute atomic E-state index is 3.67. The molecule has 0 aromatic carbocycles. The van der Waals surface area contributed by atoms with Gasteiger partial charge in [0.1, 0.15) is 0 Å². The van der Waals surface area contributed by atoms with Gasteiger partial charge in [0.2, 0.25) is 0 Å². The standard InChI is InChI=1S/C15H33N3/c1-4-11-18(5-2)12-10-16-14(3)13-15-8-6-7-9-17-15/h14-17H,4-13H2,1-3H3. The highest BCUT2D eigenvalue weighted by Gasteiger charge is 2.15. The van der Waals surface area contributed by atoms with Crippen LogP contribution in [0, 0.1) is 0 Å². The van der Waals surface area contributed by atoms with E-state index in [4.69, 9.17) is 0 Å². The first kappa shape index (κ1) is 15.9. The molecule has 2 unspecified atom stereocenters. The highest BCUT2D eigenvalue weighted by atomic mass is 15.1. The molecule has 1 aliphatic rings. The van der Waals surface area contributed by atoms with Crippen molar-refractivity contribution in [3.63, 3.8) is 0 Å². The molecule has 1 rings (SSSR count). The number of piperidine rings is 1. The van der Waals surface area contributed by atoms with Crippen LogP contribution in [0.3, 0.4) is 0 Å². The molecule has 1 saturated heterocycles. The largest absolute Gasteiger partial charge is 0.314 e. The third-order valence-corrected chi connectivity index (χ3v) is 3.96. The second kappa shape index (κ2) is 9.76. The van der Waals surface area contributed by atoms with Crippen molar-refractivity contribution in [2.75, 3.05) is 32.7 Å². The Hall–Kier alpha value is -0.120. The van der Waals surface area contributed by atoms with Crippen molar-refractivity contribution in [3.8, 4) is 0 Å². The molecule has 0 amide bonds. The van der Waals surface area contributed by atoms with E-state index in [0.717, 1.165) is 12.6 Å². The Labute approximate surface area is 114 Å². The highest BCUT2D eigenvalue weighted by Crippen LogP contribution is 2.11. The van der Waals surface area contributed by atoms with Crippen LogP contribution < -0.4 is 10.6 Å². The van der Waals surface area contributed by atoms with Crippen LogP contribution >= 0.6 is 0 Å². The van der Waals surface area contributed by atoms with E-state index in [9.17, 15) is 0 Å². The van der Waals surface area contributed by atoms with Gasteiger partial charge < -0.3 is 15.5 Å². The van der Waals surface area contributed by atoms with E-state index in [-0.39, 0.29) is 0 Å². The van der Waals surface area contributed by atoms with Gasteiger partial charge in [0.15, 0.2) is 0 Å². The summed E-state index contributed by atoms with van der Waals surface area (Å²) in [5.41, 5.74) is 0. The van der Waals surface area contributed by atoms with Gasteiger partial charge >= 0.3 is 0 Å². The fourth-order valence-corrected chi connectivity index (χ4v) is 2.85. The summed E-state index contributed by atoms with van der Waals surface area (Å²) in [7, 11) is 0. The summed E-state index contributed by atoms with van der Waals surface area (Å²) in [4.78, 5) is 2.53. The average molecular weight is 255 g/mol. The topological polar surface area (TPSA) is 27.3 Å². The van der Waals surface area contributed by atoms with Crippen LogP contribution in [0.5, 0.6) is 0 Å². The number of hydrogen-bond donors (Lipinski definition) is 2. The predicted octanol–water partition coefficient (Wildman–Crippen LogP) is 2.23. The lowest BCUT2D eigenvalue weighted by atomic mass is 9.99. The normalized spacial score (nSPS) is 22.3. The molecule has 0 radical (unpaired) electrons. The van der Waals surface area contributed by atoms with Crippen molar-refractivity contribution in [2.45, 2.75) is 65.0 Å². The average Bonchev–Trinajstić information content (AvgIpc) is 2.39. The van der Waals surface area contributed by atoms with E-state index in [1.165, 1.54) is 58.3 Å². The van der Waals surface area contributed by atoms with Crippen molar-refractivity contribution in [2.24, 2.45) is 0 Å². The molecule has 0 bridgehead atoms. The minimum absolute atomic E-state index is 0.640. The Bertz CT molecular complexity index is 190. The molecule has 108 valence electrons. The molecule has 2 N–H and O–H groups in total. The Balaban J connectivity index is 2.06. The summed E-state index contributed by atoms with van der Waals surface area (Å²) < 4.78 is 0. The van der Waals surface area contributed by atoms with Crippen molar-refractivity contribution in [3.05, 3.63) is 0 Å². The summed E-state index contributed by atoms with van der Waals surface area (Å²) in [6.07, 6.45) is 6.67. The van der Waals surface area contributed by atoms with Crippen LogP contribution in [0.2, 0.25) is 0 Å². The lowest BCUT2D eigenvalue weighted by Crippen LogP contribution is -2.42. The van der Waals surface area contributed by atoms with Crippen LogP contribution in [-0.4, -0.2) is 49.7 Å². The van der Waals surface area contributed by atoms with Crippen LogP contribution in [0.4, 0.5) is 0 Å². The Morgan fingerprint density at radius 2 is 2.11 bits per heavy atom. The second-order valence-electron chi connectivity index (χ2n) is 5.67. The Morgan fingerprint density at radius 3 is 2.72 bits per heavy atom. The molecule has 3 nitrogen and oxygen atoms in total. The van der Waals surface area contributed by atoms with E-state index < -0.39 is 0 Å². The zero-order chi connectivity index (χ0) is 13.2. The van der Waals surface area contributed by atoms with Gasteiger partial charge in [-0.3, -0.25) is 0 Å². The smallest absolute Gasteiger partial charge is 0.0107 e. The van der Waals surface area contributed by atoms with Gasteiger partial charge in [0.25, 0.3) is 0 Å². The minimum Gasteiger partial charge on any atom is -0.314 e.